The number of fused-ring (bicyclic) bond motifs is 1. The van der Waals surface area contributed by atoms with Gasteiger partial charge < -0.3 is 18.8 Å². The quantitative estimate of drug-likeness (QED) is 0.466. The van der Waals surface area contributed by atoms with E-state index in [0.717, 1.165) is 59.1 Å². The Bertz CT molecular complexity index is 1240. The van der Waals surface area contributed by atoms with Gasteiger partial charge in [-0.15, -0.1) is 11.3 Å². The number of piperidine rings is 1. The number of hydrogen-bond donors (Lipinski definition) is 0. The molecule has 5 heterocycles. The number of likely N-dealkylation sites (tertiary alicyclic amines) is 1. The molecule has 32 heavy (non-hydrogen) atoms. The molecule has 0 spiro atoms. The predicted molar refractivity (Wildman–Crippen MR) is 127 cm³/mol. The fourth-order valence-corrected chi connectivity index (χ4v) is 5.13. The van der Waals surface area contributed by atoms with Gasteiger partial charge in [0.05, 0.1) is 40.3 Å². The molecule has 0 radical (unpaired) electrons. The minimum atomic E-state index is 0.106. The van der Waals surface area contributed by atoms with Gasteiger partial charge in [0.1, 0.15) is 5.69 Å². The molecular formula is C24H28N6OS. The molecule has 1 fully saturated rings. The smallest absolute Gasteiger partial charge is 0.256 e. The van der Waals surface area contributed by atoms with Gasteiger partial charge in [-0.1, -0.05) is 6.07 Å². The third-order valence-corrected chi connectivity index (χ3v) is 7.12. The number of carbonyl (C=O) groups excluding carboxylic acids is 1. The van der Waals surface area contributed by atoms with Crippen molar-refractivity contribution in [2.45, 2.75) is 32.4 Å². The van der Waals surface area contributed by atoms with Crippen molar-refractivity contribution in [1.82, 2.24) is 28.7 Å². The van der Waals surface area contributed by atoms with Crippen molar-refractivity contribution in [3.63, 3.8) is 0 Å². The number of pyridine rings is 1. The highest BCUT2D eigenvalue weighted by Gasteiger charge is 2.27. The van der Waals surface area contributed by atoms with Gasteiger partial charge in [0, 0.05) is 36.9 Å². The van der Waals surface area contributed by atoms with Crippen LogP contribution in [0.3, 0.4) is 0 Å². The van der Waals surface area contributed by atoms with E-state index in [2.05, 4.69) is 38.7 Å². The van der Waals surface area contributed by atoms with Gasteiger partial charge >= 0.3 is 0 Å². The van der Waals surface area contributed by atoms with Crippen LogP contribution in [0.1, 0.15) is 33.9 Å². The van der Waals surface area contributed by atoms with Crippen LogP contribution in [-0.4, -0.2) is 67.9 Å². The summed E-state index contributed by atoms with van der Waals surface area (Å²) in [6, 6.07) is 8.53. The second kappa shape index (κ2) is 8.52. The van der Waals surface area contributed by atoms with E-state index in [1.807, 2.05) is 59.4 Å². The third kappa shape index (κ3) is 3.96. The van der Waals surface area contributed by atoms with E-state index in [1.54, 1.807) is 11.3 Å². The van der Waals surface area contributed by atoms with E-state index in [1.165, 1.54) is 0 Å². The molecule has 0 bridgehead atoms. The molecule has 8 heteroatoms. The number of nitrogens with zero attached hydrogens (tertiary/aromatic N) is 6. The van der Waals surface area contributed by atoms with E-state index in [4.69, 9.17) is 0 Å². The van der Waals surface area contributed by atoms with E-state index >= 15 is 0 Å². The number of carbonyl (C=O) groups is 1. The second-order valence-electron chi connectivity index (χ2n) is 8.68. The summed E-state index contributed by atoms with van der Waals surface area (Å²) in [5.74, 6) is 0.106. The number of imidazole rings is 1. The van der Waals surface area contributed by atoms with Crippen molar-refractivity contribution < 1.29 is 4.79 Å². The van der Waals surface area contributed by atoms with Gasteiger partial charge in [0.25, 0.3) is 5.91 Å². The average Bonchev–Trinajstić information content (AvgIpc) is 3.52. The number of aromatic nitrogens is 4. The fraction of sp³-hybridized carbons (Fsp3) is 0.375. The van der Waals surface area contributed by atoms with E-state index in [-0.39, 0.29) is 5.91 Å². The van der Waals surface area contributed by atoms with Crippen molar-refractivity contribution in [3.05, 3.63) is 64.6 Å². The zero-order valence-corrected chi connectivity index (χ0v) is 19.5. The maximum atomic E-state index is 13.4. The highest BCUT2D eigenvalue weighted by Crippen LogP contribution is 2.27. The molecule has 1 saturated heterocycles. The molecule has 1 amide bonds. The van der Waals surface area contributed by atoms with Crippen molar-refractivity contribution in [2.24, 2.45) is 0 Å². The van der Waals surface area contributed by atoms with Gasteiger partial charge in [-0.05, 0) is 52.1 Å². The van der Waals surface area contributed by atoms with Crippen LogP contribution in [0.15, 0.2) is 48.4 Å². The normalized spacial score (nSPS) is 15.2. The Labute approximate surface area is 191 Å². The Morgan fingerprint density at radius 2 is 2.06 bits per heavy atom. The largest absolute Gasteiger partial charge is 0.338 e. The lowest BCUT2D eigenvalue weighted by molar-refractivity contribution is 0.0665. The molecule has 1 aliphatic rings. The van der Waals surface area contributed by atoms with Crippen LogP contribution in [-0.2, 0) is 6.54 Å². The lowest BCUT2D eigenvalue weighted by atomic mass is 10.0. The highest BCUT2D eigenvalue weighted by atomic mass is 32.1. The monoisotopic (exact) mass is 448 g/mol. The van der Waals surface area contributed by atoms with Crippen LogP contribution in [0.5, 0.6) is 0 Å². The third-order valence-electron chi connectivity index (χ3n) is 6.30. The van der Waals surface area contributed by atoms with Gasteiger partial charge in [0.15, 0.2) is 0 Å². The minimum absolute atomic E-state index is 0.106. The highest BCUT2D eigenvalue weighted by molar-refractivity contribution is 7.09. The summed E-state index contributed by atoms with van der Waals surface area (Å²) in [5, 5.41) is 3.15. The number of thiazole rings is 1. The van der Waals surface area contributed by atoms with Crippen molar-refractivity contribution in [3.8, 4) is 11.4 Å². The molecule has 0 unspecified atom stereocenters. The average molecular weight is 449 g/mol. The lowest BCUT2D eigenvalue weighted by Gasteiger charge is -2.35. The molecule has 0 aromatic carbocycles. The summed E-state index contributed by atoms with van der Waals surface area (Å²) >= 11 is 1.66. The molecule has 166 valence electrons. The Kier molecular flexibility index (Phi) is 5.57. The van der Waals surface area contributed by atoms with E-state index in [9.17, 15) is 4.79 Å². The maximum Gasteiger partial charge on any atom is 0.256 e. The SMILES string of the molecule is Cc1nc(Cn2cnc(-c3cc(C(=O)N4CCC(N(C)C)CC4)c4ccccn34)c2)cs1. The maximum absolute atomic E-state index is 13.4. The first-order chi connectivity index (χ1) is 15.5. The second-order valence-corrected chi connectivity index (χ2v) is 9.74. The molecule has 0 N–H and O–H groups in total. The molecule has 0 atom stereocenters. The van der Waals surface area contributed by atoms with Crippen molar-refractivity contribution in [1.29, 1.82) is 0 Å². The summed E-state index contributed by atoms with van der Waals surface area (Å²) < 4.78 is 4.11. The van der Waals surface area contributed by atoms with Crippen LogP contribution >= 0.6 is 11.3 Å². The zero-order valence-electron chi connectivity index (χ0n) is 18.7. The Morgan fingerprint density at radius 1 is 1.25 bits per heavy atom. The number of rotatable bonds is 5. The zero-order chi connectivity index (χ0) is 22.2. The minimum Gasteiger partial charge on any atom is -0.338 e. The van der Waals surface area contributed by atoms with Crippen LogP contribution in [0.4, 0.5) is 0 Å². The molecule has 1 aliphatic heterocycles. The summed E-state index contributed by atoms with van der Waals surface area (Å²) in [7, 11) is 4.23. The van der Waals surface area contributed by atoms with E-state index in [0.29, 0.717) is 12.6 Å². The summed E-state index contributed by atoms with van der Waals surface area (Å²) in [6.45, 7) is 4.29. The van der Waals surface area contributed by atoms with Crippen LogP contribution in [0.25, 0.3) is 16.9 Å². The van der Waals surface area contributed by atoms with E-state index < -0.39 is 0 Å². The first kappa shape index (κ1) is 20.9. The molecule has 0 saturated carbocycles. The van der Waals surface area contributed by atoms with Crippen LogP contribution in [0, 0.1) is 6.92 Å². The standard InChI is InChI=1S/C24H28N6OS/c1-17-26-18(15-32-17)13-28-14-21(25-16-28)23-12-20(22-6-4-5-9-30(22)23)24(31)29-10-7-19(8-11-29)27(2)3/h4-6,9,12,14-16,19H,7-8,10-11,13H2,1-3H3. The predicted octanol–water partition coefficient (Wildman–Crippen LogP) is 3.78. The molecule has 0 aliphatic carbocycles. The van der Waals surface area contributed by atoms with Gasteiger partial charge in [-0.25, -0.2) is 9.97 Å². The molecule has 5 rings (SSSR count). The molecular weight excluding hydrogens is 420 g/mol. The lowest BCUT2D eigenvalue weighted by Crippen LogP contribution is -2.44. The van der Waals surface area contributed by atoms with Crippen LogP contribution in [0.2, 0.25) is 0 Å². The number of hydrogen-bond acceptors (Lipinski definition) is 5. The molecule has 7 nitrogen and oxygen atoms in total. The fourth-order valence-electron chi connectivity index (χ4n) is 4.52. The number of aryl methyl sites for hydroxylation is 1. The molecule has 4 aromatic rings. The number of amides is 1. The van der Waals surface area contributed by atoms with Gasteiger partial charge in [0.2, 0.25) is 0 Å². The summed E-state index contributed by atoms with van der Waals surface area (Å²) in [4.78, 5) is 26.9. The van der Waals surface area contributed by atoms with Gasteiger partial charge in [-0.3, -0.25) is 4.79 Å². The first-order valence-corrected chi connectivity index (χ1v) is 11.9. The van der Waals surface area contributed by atoms with Crippen molar-refractivity contribution in [2.75, 3.05) is 27.2 Å². The molecule has 4 aromatic heterocycles. The van der Waals surface area contributed by atoms with Gasteiger partial charge in [-0.2, -0.15) is 0 Å². The van der Waals surface area contributed by atoms with Crippen molar-refractivity contribution >= 4 is 22.8 Å². The Morgan fingerprint density at radius 3 is 2.78 bits per heavy atom. The Balaban J connectivity index is 1.43. The summed E-state index contributed by atoms with van der Waals surface area (Å²) in [6.07, 6.45) is 7.89. The van der Waals surface area contributed by atoms with Crippen LogP contribution < -0.4 is 0 Å². The topological polar surface area (TPSA) is 58.7 Å². The summed E-state index contributed by atoms with van der Waals surface area (Å²) in [5.41, 5.74) is 4.48. The first-order valence-electron chi connectivity index (χ1n) is 11.0. The Hall–Kier alpha value is -2.97.